The number of carbonyl (C=O) groups excluding carboxylic acids is 1. The summed E-state index contributed by atoms with van der Waals surface area (Å²) in [5.74, 6) is 0.185. The average molecular weight is 376 g/mol. The summed E-state index contributed by atoms with van der Waals surface area (Å²) in [6.07, 6.45) is 0. The van der Waals surface area contributed by atoms with Gasteiger partial charge in [-0.2, -0.15) is 5.26 Å². The lowest BCUT2D eigenvalue weighted by atomic mass is 10.0. The first-order valence-electron chi connectivity index (χ1n) is 8.67. The largest absolute Gasteiger partial charge is 0.348 e. The Morgan fingerprint density at radius 2 is 1.81 bits per heavy atom. The highest BCUT2D eigenvalue weighted by molar-refractivity contribution is 7.91. The van der Waals surface area contributed by atoms with Crippen LogP contribution in [0.25, 0.3) is 0 Å². The third-order valence-electron chi connectivity index (χ3n) is 5.25. The number of hydrogen-bond acceptors (Lipinski definition) is 6. The topological polar surface area (TPSA) is 84.7 Å². The smallest absolute Gasteiger partial charge is 0.236 e. The Kier molecular flexibility index (Phi) is 5.32. The van der Waals surface area contributed by atoms with Crippen molar-refractivity contribution in [2.75, 3.05) is 45.2 Å². The molecule has 0 spiro atoms. The molecule has 0 N–H and O–H groups in total. The van der Waals surface area contributed by atoms with Gasteiger partial charge in [0.25, 0.3) is 0 Å². The van der Waals surface area contributed by atoms with E-state index >= 15 is 0 Å². The molecule has 140 valence electrons. The zero-order valence-electron chi connectivity index (χ0n) is 15.1. The lowest BCUT2D eigenvalue weighted by molar-refractivity contribution is -0.131. The lowest BCUT2D eigenvalue weighted by Crippen LogP contribution is -2.60. The van der Waals surface area contributed by atoms with Gasteiger partial charge in [0.05, 0.1) is 29.7 Å². The van der Waals surface area contributed by atoms with Crippen molar-refractivity contribution >= 4 is 15.7 Å². The zero-order valence-corrected chi connectivity index (χ0v) is 15.9. The van der Waals surface area contributed by atoms with Crippen molar-refractivity contribution in [1.82, 2.24) is 14.7 Å². The van der Waals surface area contributed by atoms with E-state index in [1.165, 1.54) is 4.90 Å². The van der Waals surface area contributed by atoms with Crippen LogP contribution in [0.15, 0.2) is 24.3 Å². The van der Waals surface area contributed by atoms with Crippen molar-refractivity contribution in [1.29, 1.82) is 5.26 Å². The van der Waals surface area contributed by atoms with Gasteiger partial charge in [-0.15, -0.1) is 0 Å². The fraction of sp³-hybridized carbons (Fsp3) is 0.556. The van der Waals surface area contributed by atoms with Gasteiger partial charge in [0.2, 0.25) is 5.91 Å². The number of nitrogens with zero attached hydrogens (tertiary/aromatic N) is 4. The fourth-order valence-corrected chi connectivity index (χ4v) is 5.83. The molecule has 26 heavy (non-hydrogen) atoms. The van der Waals surface area contributed by atoms with Gasteiger partial charge >= 0.3 is 0 Å². The number of sulfone groups is 1. The molecule has 0 aliphatic carbocycles. The normalized spacial score (nSPS) is 25.4. The van der Waals surface area contributed by atoms with Gasteiger partial charge in [0.1, 0.15) is 0 Å². The third-order valence-corrected chi connectivity index (χ3v) is 6.95. The number of piperazine rings is 1. The van der Waals surface area contributed by atoms with E-state index in [9.17, 15) is 18.5 Å². The highest BCUT2D eigenvalue weighted by Crippen LogP contribution is 2.28. The number of rotatable bonds is 4. The van der Waals surface area contributed by atoms with Gasteiger partial charge in [-0.05, 0) is 11.6 Å². The maximum Gasteiger partial charge on any atom is 0.236 e. The van der Waals surface area contributed by atoms with Crippen molar-refractivity contribution in [3.05, 3.63) is 35.4 Å². The summed E-state index contributed by atoms with van der Waals surface area (Å²) in [5, 5.41) is 9.30. The molecule has 0 unspecified atom stereocenters. The predicted molar refractivity (Wildman–Crippen MR) is 98.1 cm³/mol. The van der Waals surface area contributed by atoms with Crippen LogP contribution in [0.4, 0.5) is 0 Å². The molecule has 1 aromatic rings. The van der Waals surface area contributed by atoms with Crippen molar-refractivity contribution in [2.45, 2.75) is 18.6 Å². The number of amides is 1. The molecule has 1 aromatic carbocycles. The number of benzene rings is 1. The number of likely N-dealkylation sites (N-methyl/N-ethyl adjacent to an activating group) is 1. The Morgan fingerprint density at radius 1 is 1.19 bits per heavy atom. The Bertz CT molecular complexity index is 831. The Balaban J connectivity index is 1.81. The highest BCUT2D eigenvalue weighted by Gasteiger charge is 2.46. The Morgan fingerprint density at radius 3 is 2.46 bits per heavy atom. The van der Waals surface area contributed by atoms with Crippen molar-refractivity contribution in [2.24, 2.45) is 0 Å². The molecule has 7 nitrogen and oxygen atoms in total. The maximum atomic E-state index is 12.3. The van der Waals surface area contributed by atoms with Crippen LogP contribution in [-0.2, 0) is 21.2 Å². The van der Waals surface area contributed by atoms with Gasteiger partial charge in [0.15, 0.2) is 9.84 Å². The Labute approximate surface area is 154 Å². The third kappa shape index (κ3) is 3.90. The van der Waals surface area contributed by atoms with E-state index in [1.54, 1.807) is 20.2 Å². The van der Waals surface area contributed by atoms with Gasteiger partial charge in [-0.1, -0.05) is 18.2 Å². The predicted octanol–water partition coefficient (Wildman–Crippen LogP) is -0.0703. The minimum atomic E-state index is -3.13. The molecule has 2 heterocycles. The van der Waals surface area contributed by atoms with E-state index in [2.05, 4.69) is 11.0 Å². The maximum absolute atomic E-state index is 12.3. The zero-order chi connectivity index (χ0) is 18.9. The molecular formula is C18H24N4O3S. The van der Waals surface area contributed by atoms with Crippen LogP contribution in [0.1, 0.15) is 11.1 Å². The standard InChI is InChI=1S/C18H24N4O3S/c1-20(2)18(23)11-22-8-7-21(16-12-26(24,25)13-17(16)22)10-15-6-4-3-5-14(15)9-19/h3-6,16-17H,7-8,10-13H2,1-2H3/t16-,17+/m0/s1. The second-order valence-electron chi connectivity index (χ2n) is 7.21. The first kappa shape index (κ1) is 18.8. The first-order valence-corrected chi connectivity index (χ1v) is 10.5. The minimum Gasteiger partial charge on any atom is -0.348 e. The van der Waals surface area contributed by atoms with E-state index in [-0.39, 0.29) is 36.0 Å². The molecule has 2 saturated heterocycles. The van der Waals surface area contributed by atoms with Crippen LogP contribution in [-0.4, -0.2) is 86.3 Å². The van der Waals surface area contributed by atoms with Gasteiger partial charge < -0.3 is 4.90 Å². The number of nitriles is 1. The highest BCUT2D eigenvalue weighted by atomic mass is 32.2. The van der Waals surface area contributed by atoms with Gasteiger partial charge in [0, 0.05) is 45.8 Å². The summed E-state index contributed by atoms with van der Waals surface area (Å²) < 4.78 is 24.6. The molecule has 3 rings (SSSR count). The van der Waals surface area contributed by atoms with Crippen LogP contribution >= 0.6 is 0 Å². The molecule has 0 radical (unpaired) electrons. The monoisotopic (exact) mass is 376 g/mol. The van der Waals surface area contributed by atoms with E-state index in [4.69, 9.17) is 0 Å². The van der Waals surface area contributed by atoms with Gasteiger partial charge in [-0.3, -0.25) is 14.6 Å². The molecule has 2 aliphatic rings. The molecule has 0 aromatic heterocycles. The van der Waals surface area contributed by atoms with Crippen LogP contribution < -0.4 is 0 Å². The number of carbonyl (C=O) groups is 1. The molecule has 2 fully saturated rings. The van der Waals surface area contributed by atoms with E-state index < -0.39 is 9.84 Å². The van der Waals surface area contributed by atoms with Crippen LogP contribution in [0.2, 0.25) is 0 Å². The minimum absolute atomic E-state index is 0.0173. The van der Waals surface area contributed by atoms with E-state index in [0.717, 1.165) is 5.56 Å². The molecular weight excluding hydrogens is 352 g/mol. The molecule has 8 heteroatoms. The quantitative estimate of drug-likeness (QED) is 0.731. The fourth-order valence-electron chi connectivity index (χ4n) is 3.79. The summed E-state index contributed by atoms with van der Waals surface area (Å²) in [5.41, 5.74) is 1.53. The molecule has 2 aliphatic heterocycles. The second-order valence-corrected chi connectivity index (χ2v) is 9.36. The number of hydrogen-bond donors (Lipinski definition) is 0. The van der Waals surface area contributed by atoms with Crippen molar-refractivity contribution in [3.63, 3.8) is 0 Å². The Hall–Kier alpha value is -1.95. The van der Waals surface area contributed by atoms with Crippen molar-refractivity contribution < 1.29 is 13.2 Å². The van der Waals surface area contributed by atoms with Crippen LogP contribution in [0.3, 0.4) is 0 Å². The molecule has 0 bridgehead atoms. The summed E-state index contributed by atoms with van der Waals surface area (Å²) in [4.78, 5) is 17.8. The summed E-state index contributed by atoms with van der Waals surface area (Å²) in [6, 6.07) is 9.31. The summed E-state index contributed by atoms with van der Waals surface area (Å²) >= 11 is 0. The molecule has 0 saturated carbocycles. The van der Waals surface area contributed by atoms with Crippen LogP contribution in [0, 0.1) is 11.3 Å². The first-order chi connectivity index (χ1) is 12.3. The lowest BCUT2D eigenvalue weighted by Gasteiger charge is -2.44. The average Bonchev–Trinajstić information content (AvgIpc) is 2.93. The SMILES string of the molecule is CN(C)C(=O)CN1CCN(Cc2ccccc2C#N)[C@H]2CS(=O)(=O)C[C@H]21. The summed E-state index contributed by atoms with van der Waals surface area (Å²) in [6.45, 7) is 2.12. The van der Waals surface area contributed by atoms with E-state index in [1.807, 2.05) is 23.1 Å². The molecule has 2 atom stereocenters. The molecule has 1 amide bonds. The van der Waals surface area contributed by atoms with E-state index in [0.29, 0.717) is 25.2 Å². The van der Waals surface area contributed by atoms with Crippen LogP contribution in [0.5, 0.6) is 0 Å². The summed E-state index contributed by atoms with van der Waals surface area (Å²) in [7, 11) is 0.285. The van der Waals surface area contributed by atoms with Gasteiger partial charge in [-0.25, -0.2) is 8.42 Å². The number of fused-ring (bicyclic) bond motifs is 1. The van der Waals surface area contributed by atoms with Crippen molar-refractivity contribution in [3.8, 4) is 6.07 Å². The second kappa shape index (κ2) is 7.35.